The molecule has 1 fully saturated rings. The minimum absolute atomic E-state index is 0.462. The highest BCUT2D eigenvalue weighted by Crippen LogP contribution is 2.26. The summed E-state index contributed by atoms with van der Waals surface area (Å²) in [5, 5.41) is 3.40. The maximum absolute atomic E-state index is 5.60. The second kappa shape index (κ2) is 3.34. The predicted molar refractivity (Wildman–Crippen MR) is 59.0 cm³/mol. The van der Waals surface area contributed by atoms with E-state index in [2.05, 4.69) is 5.32 Å². The number of benzene rings is 1. The van der Waals surface area contributed by atoms with Gasteiger partial charge in [0, 0.05) is 17.3 Å². The number of thiocarbonyl (C=S) groups is 1. The number of hydrogen-bond acceptors (Lipinski definition) is 2. The summed E-state index contributed by atoms with van der Waals surface area (Å²) in [6.45, 7) is 0. The molecule has 1 aromatic rings. The molecule has 0 aliphatic heterocycles. The van der Waals surface area contributed by atoms with Crippen molar-refractivity contribution in [2.75, 3.05) is 5.32 Å². The predicted octanol–water partition coefficient (Wildman–Crippen LogP) is 1.90. The van der Waals surface area contributed by atoms with Gasteiger partial charge in [-0.3, -0.25) is 0 Å². The number of anilines is 1. The lowest BCUT2D eigenvalue weighted by Gasteiger charge is -2.09. The Hall–Kier alpha value is -1.09. The standard InChI is InChI=1S/C10H12N2S/c11-10(13)8-3-1-2-4-9(8)12-7-5-6-7/h1-4,7,12H,5-6H2,(H2,11,13). The van der Waals surface area contributed by atoms with Crippen molar-refractivity contribution in [3.05, 3.63) is 29.8 Å². The Morgan fingerprint density at radius 1 is 1.38 bits per heavy atom. The molecule has 68 valence electrons. The summed E-state index contributed by atoms with van der Waals surface area (Å²) in [5.41, 5.74) is 7.62. The van der Waals surface area contributed by atoms with Crippen molar-refractivity contribution < 1.29 is 0 Å². The Kier molecular flexibility index (Phi) is 2.19. The Morgan fingerprint density at radius 2 is 2.08 bits per heavy atom. The van der Waals surface area contributed by atoms with Gasteiger partial charge in [-0.1, -0.05) is 24.4 Å². The molecular weight excluding hydrogens is 180 g/mol. The molecule has 0 aromatic heterocycles. The largest absolute Gasteiger partial charge is 0.389 e. The average molecular weight is 192 g/mol. The minimum atomic E-state index is 0.462. The van der Waals surface area contributed by atoms with Crippen molar-refractivity contribution in [1.29, 1.82) is 0 Å². The van der Waals surface area contributed by atoms with Crippen LogP contribution in [-0.2, 0) is 0 Å². The first-order chi connectivity index (χ1) is 6.27. The third-order valence-electron chi connectivity index (χ3n) is 2.13. The van der Waals surface area contributed by atoms with E-state index in [-0.39, 0.29) is 0 Å². The summed E-state index contributed by atoms with van der Waals surface area (Å²) in [5.74, 6) is 0. The Bertz CT molecular complexity index is 331. The lowest BCUT2D eigenvalue weighted by atomic mass is 10.2. The summed E-state index contributed by atoms with van der Waals surface area (Å²) >= 11 is 4.96. The highest BCUT2D eigenvalue weighted by atomic mass is 32.1. The van der Waals surface area contributed by atoms with E-state index in [4.69, 9.17) is 18.0 Å². The van der Waals surface area contributed by atoms with Crippen LogP contribution < -0.4 is 11.1 Å². The van der Waals surface area contributed by atoms with E-state index in [1.165, 1.54) is 12.8 Å². The summed E-state index contributed by atoms with van der Waals surface area (Å²) in [6, 6.07) is 8.55. The Morgan fingerprint density at radius 3 is 2.69 bits per heavy atom. The molecule has 0 atom stereocenters. The van der Waals surface area contributed by atoms with Crippen molar-refractivity contribution in [2.24, 2.45) is 5.73 Å². The molecule has 0 radical (unpaired) electrons. The van der Waals surface area contributed by atoms with Gasteiger partial charge in [-0.25, -0.2) is 0 Å². The molecule has 1 aromatic carbocycles. The van der Waals surface area contributed by atoms with Crippen LogP contribution in [-0.4, -0.2) is 11.0 Å². The number of nitrogens with one attached hydrogen (secondary N) is 1. The second-order valence-electron chi connectivity index (χ2n) is 3.33. The number of para-hydroxylation sites is 1. The highest BCUT2D eigenvalue weighted by molar-refractivity contribution is 7.80. The van der Waals surface area contributed by atoms with Gasteiger partial charge in [0.05, 0.1) is 0 Å². The summed E-state index contributed by atoms with van der Waals surface area (Å²) < 4.78 is 0. The van der Waals surface area contributed by atoms with Crippen molar-refractivity contribution in [3.8, 4) is 0 Å². The van der Waals surface area contributed by atoms with Gasteiger partial charge in [0.15, 0.2) is 0 Å². The van der Waals surface area contributed by atoms with Crippen LogP contribution in [0, 0.1) is 0 Å². The molecule has 3 N–H and O–H groups in total. The first kappa shape index (κ1) is 8.51. The van der Waals surface area contributed by atoms with Gasteiger partial charge in [-0.05, 0) is 25.0 Å². The molecule has 2 rings (SSSR count). The zero-order chi connectivity index (χ0) is 9.26. The van der Waals surface area contributed by atoms with Crippen LogP contribution in [0.25, 0.3) is 0 Å². The maximum Gasteiger partial charge on any atom is 0.106 e. The monoisotopic (exact) mass is 192 g/mol. The van der Waals surface area contributed by atoms with E-state index in [0.717, 1.165) is 11.3 Å². The van der Waals surface area contributed by atoms with E-state index in [1.54, 1.807) is 0 Å². The van der Waals surface area contributed by atoms with Crippen LogP contribution in [0.4, 0.5) is 5.69 Å². The smallest absolute Gasteiger partial charge is 0.106 e. The fraction of sp³-hybridized carbons (Fsp3) is 0.300. The zero-order valence-corrected chi connectivity index (χ0v) is 8.10. The number of hydrogen-bond donors (Lipinski definition) is 2. The first-order valence-electron chi connectivity index (χ1n) is 4.43. The van der Waals surface area contributed by atoms with Gasteiger partial charge in [0.25, 0.3) is 0 Å². The molecule has 13 heavy (non-hydrogen) atoms. The average Bonchev–Trinajstić information content (AvgIpc) is 2.89. The van der Waals surface area contributed by atoms with Crippen LogP contribution in [0.2, 0.25) is 0 Å². The summed E-state index contributed by atoms with van der Waals surface area (Å²) in [4.78, 5) is 0.462. The second-order valence-corrected chi connectivity index (χ2v) is 3.77. The van der Waals surface area contributed by atoms with Crippen LogP contribution >= 0.6 is 12.2 Å². The summed E-state index contributed by atoms with van der Waals surface area (Å²) in [6.07, 6.45) is 2.51. The third-order valence-corrected chi connectivity index (χ3v) is 2.35. The molecule has 1 aliphatic rings. The van der Waals surface area contributed by atoms with Gasteiger partial charge < -0.3 is 11.1 Å². The van der Waals surface area contributed by atoms with Gasteiger partial charge >= 0.3 is 0 Å². The molecule has 0 amide bonds. The van der Waals surface area contributed by atoms with Crippen LogP contribution in [0.15, 0.2) is 24.3 Å². The molecule has 0 bridgehead atoms. The molecule has 0 heterocycles. The van der Waals surface area contributed by atoms with Gasteiger partial charge in [0.2, 0.25) is 0 Å². The third kappa shape index (κ3) is 1.98. The SMILES string of the molecule is NC(=S)c1ccccc1NC1CC1. The highest BCUT2D eigenvalue weighted by Gasteiger charge is 2.21. The Labute approximate surface area is 83.1 Å². The quantitative estimate of drug-likeness (QED) is 0.718. The summed E-state index contributed by atoms with van der Waals surface area (Å²) in [7, 11) is 0. The van der Waals surface area contributed by atoms with Gasteiger partial charge in [-0.2, -0.15) is 0 Å². The minimum Gasteiger partial charge on any atom is -0.389 e. The van der Waals surface area contributed by atoms with Crippen molar-refractivity contribution in [3.63, 3.8) is 0 Å². The molecular formula is C10H12N2S. The molecule has 0 spiro atoms. The molecule has 2 nitrogen and oxygen atoms in total. The molecule has 1 saturated carbocycles. The van der Waals surface area contributed by atoms with Crippen LogP contribution in [0.5, 0.6) is 0 Å². The van der Waals surface area contributed by atoms with Gasteiger partial charge in [0.1, 0.15) is 4.99 Å². The van der Waals surface area contributed by atoms with Crippen molar-refractivity contribution in [2.45, 2.75) is 18.9 Å². The number of nitrogens with two attached hydrogens (primary N) is 1. The first-order valence-corrected chi connectivity index (χ1v) is 4.83. The molecule has 1 aliphatic carbocycles. The van der Waals surface area contributed by atoms with E-state index >= 15 is 0 Å². The van der Waals surface area contributed by atoms with E-state index < -0.39 is 0 Å². The lowest BCUT2D eigenvalue weighted by Crippen LogP contribution is -2.13. The van der Waals surface area contributed by atoms with E-state index in [1.807, 2.05) is 24.3 Å². The lowest BCUT2D eigenvalue weighted by molar-refractivity contribution is 1.15. The van der Waals surface area contributed by atoms with Crippen molar-refractivity contribution in [1.82, 2.24) is 0 Å². The van der Waals surface area contributed by atoms with E-state index in [9.17, 15) is 0 Å². The molecule has 0 saturated heterocycles. The normalized spacial score (nSPS) is 15.4. The Balaban J connectivity index is 2.25. The zero-order valence-electron chi connectivity index (χ0n) is 7.29. The fourth-order valence-electron chi connectivity index (χ4n) is 1.27. The van der Waals surface area contributed by atoms with Gasteiger partial charge in [-0.15, -0.1) is 0 Å². The van der Waals surface area contributed by atoms with Crippen LogP contribution in [0.1, 0.15) is 18.4 Å². The fourth-order valence-corrected chi connectivity index (χ4v) is 1.45. The molecule has 0 unspecified atom stereocenters. The topological polar surface area (TPSA) is 38.0 Å². The molecule has 3 heteroatoms. The van der Waals surface area contributed by atoms with Crippen molar-refractivity contribution >= 4 is 22.9 Å². The van der Waals surface area contributed by atoms with E-state index in [0.29, 0.717) is 11.0 Å². The maximum atomic E-state index is 5.60. The van der Waals surface area contributed by atoms with Crippen LogP contribution in [0.3, 0.4) is 0 Å². The number of rotatable bonds is 3.